The maximum Gasteiger partial charge on any atom is 0.410 e. The molecule has 6 fully saturated rings. The van der Waals surface area contributed by atoms with E-state index in [9.17, 15) is 28.8 Å². The van der Waals surface area contributed by atoms with Gasteiger partial charge in [0.05, 0.1) is 54.3 Å². The normalized spacial score (nSPS) is 20.0. The van der Waals surface area contributed by atoms with Crippen molar-refractivity contribution in [2.75, 3.05) is 92.3 Å². The van der Waals surface area contributed by atoms with Crippen LogP contribution in [0.4, 0.5) is 14.4 Å². The van der Waals surface area contributed by atoms with Gasteiger partial charge in [-0.2, -0.15) is 0 Å². The average molecular weight is 1820 g/mol. The average Bonchev–Trinajstić information content (AvgIpc) is 1.63. The molecule has 9 heterocycles. The highest BCUT2D eigenvalue weighted by Crippen LogP contribution is 2.51. The molecule has 5 atom stereocenters. The first-order valence-electron chi connectivity index (χ1n) is 42.7. The number of piperidine rings is 2. The Morgan fingerprint density at radius 1 is 0.585 bits per heavy atom. The van der Waals surface area contributed by atoms with Crippen molar-refractivity contribution in [1.82, 2.24) is 63.5 Å². The number of aromatic nitrogens is 7. The van der Waals surface area contributed by atoms with Crippen LogP contribution in [0.25, 0.3) is 23.3 Å². The smallest absolute Gasteiger partial charge is 0.410 e. The molecule has 17 rings (SSSR count). The van der Waals surface area contributed by atoms with E-state index in [-0.39, 0.29) is 111 Å². The van der Waals surface area contributed by atoms with Crippen LogP contribution in [0.5, 0.6) is 0 Å². The van der Waals surface area contributed by atoms with E-state index in [4.69, 9.17) is 51.2 Å². The third-order valence-corrected chi connectivity index (χ3v) is 27.1. The van der Waals surface area contributed by atoms with Crippen molar-refractivity contribution < 1.29 is 47.7 Å². The first-order chi connectivity index (χ1) is 58.2. The minimum Gasteiger partial charge on any atom is -0.459 e. The molecule has 0 bridgehead atoms. The summed E-state index contributed by atoms with van der Waals surface area (Å²) in [6, 6.07) is 27.0. The number of pyridine rings is 3. The molecule has 123 heavy (non-hydrogen) atoms. The zero-order valence-electron chi connectivity index (χ0n) is 70.8. The lowest BCUT2D eigenvalue weighted by atomic mass is 9.76. The van der Waals surface area contributed by atoms with Crippen molar-refractivity contribution in [3.05, 3.63) is 226 Å². The standard InChI is InChI=1S/C35H41N5O4.C32H39N5O4.C27H31Br2ClN4O2.2CH4/c1-23-7-8-25-26(18-23)27(28(29-21-36-22-38(29)4)20-30(41)43-34(2)9-10-34)19-24-6-5-13-37-31(24)32(25)39-14-16-40(17-15-39)33(42)44-35(3)11-12-35;1-21(2)41-32(39)37-13-11-36(12-14-37)31-25-9-8-22(3)15-26(25)27(16-23-7-6-10-34-30(23)31)28(17-24(38)19-40-5)29-18-33-20-35(29)4;28-20-12-19-2-1-18-13-21(30)14-22(29)24(18)25(26(19)32-15-20)17-5-9-33(10-6-17)23(35)11-16-3-7-34(8-4-16)27(31)36;;/h5-8,13,18-19,21-22,28,32H,9-12,14-17,20H2,1-4H3;6-10,15-16,18,20-21,28,31H,11-14,17,19H2,1-5H3;12-17,25H,1-11H2,(H2,31,36);2*1H4/t28-,32+;28-,31+;25-;;/m110../s1. The summed E-state index contributed by atoms with van der Waals surface area (Å²) in [6.45, 7) is 20.0. The summed E-state index contributed by atoms with van der Waals surface area (Å²) in [5.74, 6) is 0.493. The highest BCUT2D eigenvalue weighted by molar-refractivity contribution is 9.10. The van der Waals surface area contributed by atoms with Crippen LogP contribution < -0.4 is 5.73 Å². The predicted molar refractivity (Wildman–Crippen MR) is 486 cm³/mol. The van der Waals surface area contributed by atoms with Crippen LogP contribution in [0, 0.1) is 25.7 Å². The molecular weight excluding hydrogens is 1700 g/mol. The minimum absolute atomic E-state index is 0. The second-order valence-electron chi connectivity index (χ2n) is 35.0. The number of piperazine rings is 2. The van der Waals surface area contributed by atoms with E-state index in [0.717, 1.165) is 175 Å². The lowest BCUT2D eigenvalue weighted by Gasteiger charge is -2.39. The second kappa shape index (κ2) is 39.4. The number of nitrogens with two attached hydrogens (primary N) is 1. The lowest BCUT2D eigenvalue weighted by Crippen LogP contribution is -2.50. The van der Waals surface area contributed by atoms with E-state index in [1.165, 1.54) is 16.7 Å². The molecule has 4 aliphatic heterocycles. The number of carbonyl (C=O) groups excluding carboxylic acids is 6. The summed E-state index contributed by atoms with van der Waals surface area (Å²) in [5, 5.41) is 0.751. The van der Waals surface area contributed by atoms with Crippen LogP contribution in [0.1, 0.15) is 233 Å². The third kappa shape index (κ3) is 21.1. The fraction of sp³-hybridized carbons (Fsp3) is 0.490. The molecule has 5 aliphatic carbocycles. The fourth-order valence-corrected chi connectivity index (χ4v) is 20.2. The summed E-state index contributed by atoms with van der Waals surface area (Å²) in [4.78, 5) is 112. The highest BCUT2D eigenvalue weighted by atomic mass is 79.9. The number of halogens is 3. The van der Waals surface area contributed by atoms with Gasteiger partial charge < -0.3 is 53.4 Å². The molecule has 5 aromatic heterocycles. The van der Waals surface area contributed by atoms with Crippen molar-refractivity contribution in [1.29, 1.82) is 0 Å². The van der Waals surface area contributed by atoms with Crippen LogP contribution >= 0.6 is 43.5 Å². The molecule has 2 saturated carbocycles. The number of benzene rings is 3. The molecule has 2 N–H and O–H groups in total. The number of imidazole rings is 2. The van der Waals surface area contributed by atoms with Crippen LogP contribution in [-0.4, -0.2) is 209 Å². The van der Waals surface area contributed by atoms with E-state index >= 15 is 0 Å². The number of ketones is 1. The number of fused-ring (bicyclic) bond motifs is 6. The lowest BCUT2D eigenvalue weighted by molar-refractivity contribution is -0.150. The Bertz CT molecular complexity index is 5240. The predicted octanol–water partition coefficient (Wildman–Crippen LogP) is 17.4. The van der Waals surface area contributed by atoms with Gasteiger partial charge in [-0.15, -0.1) is 0 Å². The van der Waals surface area contributed by atoms with Gasteiger partial charge in [0.25, 0.3) is 0 Å². The number of Topliss-reactive ketones (excluding diaryl/α,β-unsaturated/α-hetero) is 1. The van der Waals surface area contributed by atoms with E-state index in [2.05, 4.69) is 138 Å². The Hall–Kier alpha value is -9.44. The van der Waals surface area contributed by atoms with Crippen molar-refractivity contribution in [3.8, 4) is 0 Å². The summed E-state index contributed by atoms with van der Waals surface area (Å²) < 4.78 is 28.4. The van der Waals surface area contributed by atoms with Gasteiger partial charge in [0.15, 0.2) is 5.78 Å². The molecule has 4 saturated heterocycles. The topological polar surface area (TPSA) is 259 Å². The highest BCUT2D eigenvalue weighted by Gasteiger charge is 2.46. The monoisotopic (exact) mass is 1820 g/mol. The van der Waals surface area contributed by atoms with Gasteiger partial charge in [-0.3, -0.25) is 39.1 Å². The number of esters is 1. The molecular formula is C96H119Br2ClN14O10. The van der Waals surface area contributed by atoms with E-state index in [0.29, 0.717) is 90.1 Å². The maximum atomic E-state index is 13.4. The number of carbonyl (C=O) groups is 6. The molecule has 8 aromatic rings. The van der Waals surface area contributed by atoms with Gasteiger partial charge in [0.2, 0.25) is 5.91 Å². The first-order valence-corrected chi connectivity index (χ1v) is 44.7. The summed E-state index contributed by atoms with van der Waals surface area (Å²) >= 11 is 13.9. The number of allylic oxidation sites excluding steroid dienone is 2. The van der Waals surface area contributed by atoms with Gasteiger partial charge in [0.1, 0.15) is 17.8 Å². The summed E-state index contributed by atoms with van der Waals surface area (Å²) in [7, 11) is 5.49. The second-order valence-corrected chi connectivity index (χ2v) is 37.2. The van der Waals surface area contributed by atoms with Gasteiger partial charge in [0, 0.05) is 187 Å². The Kier molecular flexibility index (Phi) is 29.2. The Morgan fingerprint density at radius 2 is 1.10 bits per heavy atom. The van der Waals surface area contributed by atoms with E-state index < -0.39 is 0 Å². The maximum absolute atomic E-state index is 13.4. The number of nitrogens with zero attached hydrogens (tertiary/aromatic N) is 13. The van der Waals surface area contributed by atoms with Crippen molar-refractivity contribution in [2.45, 2.75) is 187 Å². The molecule has 0 unspecified atom stereocenters. The third-order valence-electron chi connectivity index (χ3n) is 25.8. The molecule has 654 valence electrons. The first kappa shape index (κ1) is 91.3. The van der Waals surface area contributed by atoms with Gasteiger partial charge in [-0.1, -0.05) is 102 Å². The SMILES string of the molecule is C.C.COCC(=O)C[C@H](C1=Cc2cccnc2[C@@H](N2CCN(C(=O)OC(C)C)CC2)c2ccc(C)cc21)c1cncn1C.Cc1ccc2c(c1)C([C@@H](CC(=O)OC1(C)CC1)c1cncn1C)=Cc1cccnc1[C@H]2N1CCN(C(=O)OC2(C)CC2)CC1.NC(=O)N1CCC(CC(=O)N2CCC([C@@H]3c4ncc(Br)cc4CCc4cc(Cl)cc(Br)c43)CC2)CC1. The molecule has 5 amide bonds. The van der Waals surface area contributed by atoms with Crippen LogP contribution in [-0.2, 0) is 60.3 Å². The van der Waals surface area contributed by atoms with E-state index in [1.807, 2.05) is 110 Å². The molecule has 24 nitrogen and oxygen atoms in total. The van der Waals surface area contributed by atoms with Crippen LogP contribution in [0.2, 0.25) is 5.02 Å². The number of hydrogen-bond acceptors (Lipinski definition) is 17. The molecule has 3 aromatic carbocycles. The molecule has 0 radical (unpaired) electrons. The number of rotatable bonds is 18. The fourth-order valence-electron chi connectivity index (χ4n) is 18.7. The zero-order valence-corrected chi connectivity index (χ0v) is 74.7. The van der Waals surface area contributed by atoms with Crippen LogP contribution in [0.3, 0.4) is 0 Å². The number of hydrogen-bond donors (Lipinski definition) is 1. The minimum atomic E-state index is -0.362. The summed E-state index contributed by atoms with van der Waals surface area (Å²) in [6.07, 6.45) is 26.9. The number of amides is 5. The van der Waals surface area contributed by atoms with Gasteiger partial charge >= 0.3 is 24.2 Å². The molecule has 0 spiro atoms. The molecule has 9 aliphatic rings. The van der Waals surface area contributed by atoms with E-state index in [1.54, 1.807) is 29.6 Å². The number of ether oxygens (including phenoxy) is 4. The summed E-state index contributed by atoms with van der Waals surface area (Å²) in [5.41, 5.74) is 24.6. The Labute approximate surface area is 746 Å². The number of likely N-dealkylation sites (tertiary alicyclic amines) is 2. The Balaban J connectivity index is 0.000000158. The van der Waals surface area contributed by atoms with Crippen molar-refractivity contribution in [2.24, 2.45) is 31.7 Å². The molecule has 27 heteroatoms. The number of methoxy groups -OCH3 is 1. The number of aryl methyl sites for hydroxylation is 6. The Morgan fingerprint density at radius 3 is 1.60 bits per heavy atom. The van der Waals surface area contributed by atoms with Crippen LogP contribution in [0.15, 0.2) is 131 Å². The quantitative estimate of drug-likeness (QED) is 0.0618. The largest absolute Gasteiger partial charge is 0.459 e. The van der Waals surface area contributed by atoms with Gasteiger partial charge in [-0.05, 0) is 237 Å². The zero-order chi connectivity index (χ0) is 85.1. The van der Waals surface area contributed by atoms with Crippen molar-refractivity contribution in [3.63, 3.8) is 0 Å². The number of primary amides is 1. The van der Waals surface area contributed by atoms with Gasteiger partial charge in [-0.25, -0.2) is 24.4 Å². The number of urea groups is 1. The van der Waals surface area contributed by atoms with Crippen molar-refractivity contribution >= 4 is 103 Å².